The van der Waals surface area contributed by atoms with Crippen LogP contribution in [0.4, 0.5) is 0 Å². The summed E-state index contributed by atoms with van der Waals surface area (Å²) in [6.07, 6.45) is 0.767. The van der Waals surface area contributed by atoms with Crippen molar-refractivity contribution in [3.63, 3.8) is 0 Å². The SMILES string of the molecule is CCc1c(C#N)c2ccc(Br)cc2n1OC. The summed E-state index contributed by atoms with van der Waals surface area (Å²) in [5, 5.41) is 10.1. The maximum absolute atomic E-state index is 9.20. The van der Waals surface area contributed by atoms with E-state index in [2.05, 4.69) is 22.0 Å². The fourth-order valence-corrected chi connectivity index (χ4v) is 2.29. The Morgan fingerprint density at radius 3 is 2.81 bits per heavy atom. The average Bonchev–Trinajstić information content (AvgIpc) is 2.60. The van der Waals surface area contributed by atoms with Crippen LogP contribution in [0.25, 0.3) is 10.9 Å². The van der Waals surface area contributed by atoms with E-state index in [1.807, 2.05) is 25.1 Å². The second-order valence-corrected chi connectivity index (χ2v) is 4.34. The van der Waals surface area contributed by atoms with Gasteiger partial charge in [0.1, 0.15) is 13.2 Å². The minimum Gasteiger partial charge on any atom is -0.417 e. The summed E-state index contributed by atoms with van der Waals surface area (Å²) in [5.41, 5.74) is 2.54. The topological polar surface area (TPSA) is 38.0 Å². The monoisotopic (exact) mass is 278 g/mol. The summed E-state index contributed by atoms with van der Waals surface area (Å²) in [4.78, 5) is 5.33. The first-order valence-electron chi connectivity index (χ1n) is 5.00. The molecule has 4 heteroatoms. The average molecular weight is 279 g/mol. The molecule has 0 fully saturated rings. The van der Waals surface area contributed by atoms with E-state index in [-0.39, 0.29) is 0 Å². The molecule has 16 heavy (non-hydrogen) atoms. The zero-order valence-corrected chi connectivity index (χ0v) is 10.7. The van der Waals surface area contributed by atoms with E-state index in [0.29, 0.717) is 5.56 Å². The first-order valence-corrected chi connectivity index (χ1v) is 5.79. The molecule has 0 unspecified atom stereocenters. The van der Waals surface area contributed by atoms with Crippen LogP contribution in [0.1, 0.15) is 18.2 Å². The predicted octanol–water partition coefficient (Wildman–Crippen LogP) is 2.90. The first-order chi connectivity index (χ1) is 7.72. The largest absolute Gasteiger partial charge is 0.417 e. The maximum Gasteiger partial charge on any atom is 0.104 e. The van der Waals surface area contributed by atoms with Crippen molar-refractivity contribution in [2.45, 2.75) is 13.3 Å². The van der Waals surface area contributed by atoms with Gasteiger partial charge in [0.05, 0.1) is 16.8 Å². The number of halogens is 1. The third-order valence-corrected chi connectivity index (χ3v) is 3.10. The molecule has 0 atom stereocenters. The molecule has 1 aromatic carbocycles. The van der Waals surface area contributed by atoms with Crippen molar-refractivity contribution in [3.8, 4) is 6.07 Å². The standard InChI is InChI=1S/C12H11BrN2O/c1-3-11-10(7-14)9-5-4-8(13)6-12(9)15(11)16-2/h4-6H,3H2,1-2H3. The highest BCUT2D eigenvalue weighted by atomic mass is 79.9. The summed E-state index contributed by atoms with van der Waals surface area (Å²) in [6, 6.07) is 8.08. The van der Waals surface area contributed by atoms with Crippen molar-refractivity contribution in [1.29, 1.82) is 5.26 Å². The van der Waals surface area contributed by atoms with Gasteiger partial charge in [-0.15, -0.1) is 0 Å². The molecule has 0 saturated carbocycles. The van der Waals surface area contributed by atoms with E-state index in [1.54, 1.807) is 11.8 Å². The lowest BCUT2D eigenvalue weighted by atomic mass is 10.1. The van der Waals surface area contributed by atoms with Gasteiger partial charge in [-0.05, 0) is 18.6 Å². The van der Waals surface area contributed by atoms with Crippen molar-refractivity contribution < 1.29 is 4.84 Å². The van der Waals surface area contributed by atoms with Gasteiger partial charge in [0, 0.05) is 9.86 Å². The highest BCUT2D eigenvalue weighted by Gasteiger charge is 2.16. The van der Waals surface area contributed by atoms with Crippen LogP contribution >= 0.6 is 15.9 Å². The van der Waals surface area contributed by atoms with Gasteiger partial charge in [-0.3, -0.25) is 0 Å². The quantitative estimate of drug-likeness (QED) is 0.847. The summed E-state index contributed by atoms with van der Waals surface area (Å²) in [7, 11) is 1.61. The van der Waals surface area contributed by atoms with Gasteiger partial charge in [-0.2, -0.15) is 9.99 Å². The molecule has 0 radical (unpaired) electrons. The molecule has 3 nitrogen and oxygen atoms in total. The minimum atomic E-state index is 0.701. The lowest BCUT2D eigenvalue weighted by Crippen LogP contribution is -2.09. The van der Waals surface area contributed by atoms with Crippen molar-refractivity contribution >= 4 is 26.8 Å². The highest BCUT2D eigenvalue weighted by Crippen LogP contribution is 2.27. The molecule has 1 heterocycles. The van der Waals surface area contributed by atoms with Crippen molar-refractivity contribution in [2.24, 2.45) is 0 Å². The summed E-state index contributed by atoms with van der Waals surface area (Å²) in [5.74, 6) is 0. The first kappa shape index (κ1) is 11.0. The molecule has 0 aliphatic rings. The van der Waals surface area contributed by atoms with Crippen LogP contribution in [0.3, 0.4) is 0 Å². The molecule has 0 N–H and O–H groups in total. The smallest absolute Gasteiger partial charge is 0.104 e. The van der Waals surface area contributed by atoms with Crippen LogP contribution in [-0.2, 0) is 6.42 Å². The van der Waals surface area contributed by atoms with E-state index in [0.717, 1.165) is 27.5 Å². The number of aromatic nitrogens is 1. The van der Waals surface area contributed by atoms with Gasteiger partial charge in [-0.25, -0.2) is 0 Å². The third kappa shape index (κ3) is 1.48. The number of rotatable bonds is 2. The van der Waals surface area contributed by atoms with Crippen LogP contribution < -0.4 is 4.84 Å². The van der Waals surface area contributed by atoms with Crippen molar-refractivity contribution in [3.05, 3.63) is 33.9 Å². The number of hydrogen-bond acceptors (Lipinski definition) is 2. The molecule has 0 bridgehead atoms. The molecule has 0 saturated heterocycles. The lowest BCUT2D eigenvalue weighted by Gasteiger charge is -2.06. The number of hydrogen-bond donors (Lipinski definition) is 0. The second kappa shape index (κ2) is 4.18. The van der Waals surface area contributed by atoms with Crippen LogP contribution in [0, 0.1) is 11.3 Å². The number of nitriles is 1. The molecule has 0 aliphatic carbocycles. The summed E-state index contributed by atoms with van der Waals surface area (Å²) >= 11 is 3.42. The molecule has 82 valence electrons. The van der Waals surface area contributed by atoms with Crippen LogP contribution in [-0.4, -0.2) is 11.8 Å². The molecule has 0 spiro atoms. The summed E-state index contributed by atoms with van der Waals surface area (Å²) in [6.45, 7) is 2.01. The Balaban J connectivity index is 2.91. The van der Waals surface area contributed by atoms with Gasteiger partial charge in [-0.1, -0.05) is 28.9 Å². The molecule has 0 aliphatic heterocycles. The fourth-order valence-electron chi connectivity index (χ4n) is 1.94. The summed E-state index contributed by atoms with van der Waals surface area (Å²) < 4.78 is 2.70. The number of nitrogens with zero attached hydrogens (tertiary/aromatic N) is 2. The number of benzene rings is 1. The molecule has 2 rings (SSSR count). The highest BCUT2D eigenvalue weighted by molar-refractivity contribution is 9.10. The van der Waals surface area contributed by atoms with Gasteiger partial charge >= 0.3 is 0 Å². The van der Waals surface area contributed by atoms with E-state index < -0.39 is 0 Å². The van der Waals surface area contributed by atoms with Gasteiger partial charge in [0.15, 0.2) is 0 Å². The molecule has 2 aromatic rings. The van der Waals surface area contributed by atoms with E-state index in [9.17, 15) is 5.26 Å². The Labute approximate surface area is 102 Å². The Hall–Kier alpha value is -1.47. The van der Waals surface area contributed by atoms with Crippen LogP contribution in [0.5, 0.6) is 0 Å². The molecular formula is C12H11BrN2O. The Morgan fingerprint density at radius 2 is 2.25 bits per heavy atom. The van der Waals surface area contributed by atoms with Gasteiger partial charge < -0.3 is 4.84 Å². The minimum absolute atomic E-state index is 0.701. The van der Waals surface area contributed by atoms with Crippen LogP contribution in [0.2, 0.25) is 0 Å². The molecular weight excluding hydrogens is 268 g/mol. The Kier molecular flexibility index (Phi) is 2.88. The van der Waals surface area contributed by atoms with Crippen molar-refractivity contribution in [2.75, 3.05) is 7.11 Å². The third-order valence-electron chi connectivity index (χ3n) is 2.61. The molecule has 1 aromatic heterocycles. The lowest BCUT2D eigenvalue weighted by molar-refractivity contribution is 0.171. The van der Waals surface area contributed by atoms with E-state index in [4.69, 9.17) is 4.84 Å². The normalized spacial score (nSPS) is 10.4. The van der Waals surface area contributed by atoms with E-state index >= 15 is 0 Å². The van der Waals surface area contributed by atoms with Crippen LogP contribution in [0.15, 0.2) is 22.7 Å². The zero-order chi connectivity index (χ0) is 11.7. The second-order valence-electron chi connectivity index (χ2n) is 3.43. The van der Waals surface area contributed by atoms with Crippen molar-refractivity contribution in [1.82, 2.24) is 4.73 Å². The fraction of sp³-hybridized carbons (Fsp3) is 0.250. The van der Waals surface area contributed by atoms with E-state index in [1.165, 1.54) is 0 Å². The maximum atomic E-state index is 9.20. The number of fused-ring (bicyclic) bond motifs is 1. The van der Waals surface area contributed by atoms with Gasteiger partial charge in [0.25, 0.3) is 0 Å². The predicted molar refractivity (Wildman–Crippen MR) is 66.2 cm³/mol. The Morgan fingerprint density at radius 1 is 1.50 bits per heavy atom. The molecule has 0 amide bonds. The van der Waals surface area contributed by atoms with Gasteiger partial charge in [0.2, 0.25) is 0 Å². The zero-order valence-electron chi connectivity index (χ0n) is 9.12. The Bertz CT molecular complexity index is 581.